The molecular weight excluding hydrogens is 397 g/mol. The molecule has 2 heterocycles. The number of benzene rings is 2. The Morgan fingerprint density at radius 2 is 1.83 bits per heavy atom. The third-order valence-electron chi connectivity index (χ3n) is 5.79. The van der Waals surface area contributed by atoms with Crippen molar-refractivity contribution in [1.82, 2.24) is 14.8 Å². The van der Waals surface area contributed by atoms with Crippen LogP contribution < -0.4 is 4.90 Å². The van der Waals surface area contributed by atoms with E-state index >= 15 is 0 Å². The van der Waals surface area contributed by atoms with Gasteiger partial charge in [-0.15, -0.1) is 10.2 Å². The van der Waals surface area contributed by atoms with E-state index in [1.54, 1.807) is 35.9 Å². The number of carbonyl (C=O) groups is 2. The van der Waals surface area contributed by atoms with E-state index in [0.29, 0.717) is 17.1 Å². The van der Waals surface area contributed by atoms with E-state index in [1.807, 2.05) is 0 Å². The fourth-order valence-corrected chi connectivity index (χ4v) is 4.21. The largest absolute Gasteiger partial charge is 0.416 e. The molecule has 1 saturated carbocycles. The molecule has 1 aromatic heterocycles. The molecule has 1 fully saturated rings. The molecule has 2 aliphatic rings. The summed E-state index contributed by atoms with van der Waals surface area (Å²) in [6, 6.07) is 10.4. The lowest BCUT2D eigenvalue weighted by Crippen LogP contribution is -2.24. The van der Waals surface area contributed by atoms with Crippen molar-refractivity contribution in [3.63, 3.8) is 0 Å². The fraction of sp³-hybridized carbons (Fsp3) is 0.238. The summed E-state index contributed by atoms with van der Waals surface area (Å²) in [5, 5.41) is 7.93. The molecule has 0 spiro atoms. The van der Waals surface area contributed by atoms with Gasteiger partial charge >= 0.3 is 6.18 Å². The minimum Gasteiger partial charge on any atom is -0.320 e. The van der Waals surface area contributed by atoms with Gasteiger partial charge in [-0.05, 0) is 35.4 Å². The number of ketones is 1. The molecule has 0 N–H and O–H groups in total. The number of hydrogen-bond donors (Lipinski definition) is 0. The summed E-state index contributed by atoms with van der Waals surface area (Å²) in [6.07, 6.45) is -2.78. The SMILES string of the molecule is Cn1cnnc1C1(c2cccc(N3Cc4c(cccc4C(F)(F)F)C3=O)c2)CC1=O. The van der Waals surface area contributed by atoms with Gasteiger partial charge in [0.05, 0.1) is 12.1 Å². The summed E-state index contributed by atoms with van der Waals surface area (Å²) in [6.45, 7) is -0.182. The highest BCUT2D eigenvalue weighted by Crippen LogP contribution is 2.49. The van der Waals surface area contributed by atoms with E-state index in [9.17, 15) is 22.8 Å². The van der Waals surface area contributed by atoms with Gasteiger partial charge in [-0.25, -0.2) is 0 Å². The lowest BCUT2D eigenvalue weighted by atomic mass is 9.94. The Labute approximate surface area is 168 Å². The van der Waals surface area contributed by atoms with Gasteiger partial charge in [-0.1, -0.05) is 18.2 Å². The number of rotatable bonds is 3. The number of fused-ring (bicyclic) bond motifs is 1. The minimum absolute atomic E-state index is 0.0221. The predicted molar refractivity (Wildman–Crippen MR) is 99.8 cm³/mol. The van der Waals surface area contributed by atoms with Crippen molar-refractivity contribution in [3.8, 4) is 0 Å². The van der Waals surface area contributed by atoms with E-state index in [0.717, 1.165) is 6.07 Å². The monoisotopic (exact) mass is 412 g/mol. The lowest BCUT2D eigenvalue weighted by Gasteiger charge is -2.19. The number of aromatic nitrogens is 3. The molecule has 1 unspecified atom stereocenters. The van der Waals surface area contributed by atoms with Crippen molar-refractivity contribution >= 4 is 17.4 Å². The van der Waals surface area contributed by atoms with E-state index < -0.39 is 23.1 Å². The van der Waals surface area contributed by atoms with Crippen LogP contribution in [0.4, 0.5) is 18.9 Å². The molecule has 1 amide bonds. The number of Topliss-reactive ketones (excluding diaryl/α,β-unsaturated/α-hetero) is 1. The van der Waals surface area contributed by atoms with Crippen molar-refractivity contribution in [3.05, 3.63) is 76.9 Å². The molecule has 1 atom stereocenters. The first-order valence-corrected chi connectivity index (χ1v) is 9.23. The highest BCUT2D eigenvalue weighted by Gasteiger charge is 2.59. The van der Waals surface area contributed by atoms with E-state index in [2.05, 4.69) is 10.2 Å². The molecule has 0 bridgehead atoms. The summed E-state index contributed by atoms with van der Waals surface area (Å²) in [5.41, 5.74) is -0.663. The maximum absolute atomic E-state index is 13.4. The highest BCUT2D eigenvalue weighted by molar-refractivity contribution is 6.11. The van der Waals surface area contributed by atoms with Gasteiger partial charge in [0, 0.05) is 24.7 Å². The smallest absolute Gasteiger partial charge is 0.320 e. The molecule has 1 aliphatic heterocycles. The van der Waals surface area contributed by atoms with Crippen LogP contribution in [-0.2, 0) is 30.0 Å². The Balaban J connectivity index is 1.55. The summed E-state index contributed by atoms with van der Waals surface area (Å²) >= 11 is 0. The zero-order chi connectivity index (χ0) is 21.3. The van der Waals surface area contributed by atoms with Crippen molar-refractivity contribution < 1.29 is 22.8 Å². The van der Waals surface area contributed by atoms with Gasteiger partial charge < -0.3 is 9.47 Å². The number of alkyl halides is 3. The first kappa shape index (κ1) is 18.5. The normalized spacial score (nSPS) is 20.6. The van der Waals surface area contributed by atoms with Crippen molar-refractivity contribution in [2.45, 2.75) is 24.6 Å². The molecule has 5 rings (SSSR count). The van der Waals surface area contributed by atoms with Gasteiger partial charge in [-0.2, -0.15) is 13.2 Å². The summed E-state index contributed by atoms with van der Waals surface area (Å²) < 4.78 is 41.8. The summed E-state index contributed by atoms with van der Waals surface area (Å²) in [4.78, 5) is 26.6. The van der Waals surface area contributed by atoms with Crippen molar-refractivity contribution in [2.75, 3.05) is 4.90 Å². The van der Waals surface area contributed by atoms with E-state index in [1.165, 1.54) is 23.4 Å². The fourth-order valence-electron chi connectivity index (χ4n) is 4.21. The minimum atomic E-state index is -4.54. The van der Waals surface area contributed by atoms with Crippen LogP contribution >= 0.6 is 0 Å². The van der Waals surface area contributed by atoms with Crippen LogP contribution in [0.15, 0.2) is 48.8 Å². The first-order chi connectivity index (χ1) is 14.2. The second kappa shape index (κ2) is 6.01. The van der Waals surface area contributed by atoms with Crippen LogP contribution in [0.25, 0.3) is 0 Å². The Morgan fingerprint density at radius 3 is 2.47 bits per heavy atom. The molecule has 30 heavy (non-hydrogen) atoms. The summed E-state index contributed by atoms with van der Waals surface area (Å²) in [5.74, 6) is -0.0192. The van der Waals surface area contributed by atoms with Gasteiger partial charge in [0.1, 0.15) is 11.7 Å². The molecule has 9 heteroatoms. The molecule has 0 radical (unpaired) electrons. The highest BCUT2D eigenvalue weighted by atomic mass is 19.4. The Hall–Kier alpha value is -3.49. The zero-order valence-corrected chi connectivity index (χ0v) is 15.8. The maximum Gasteiger partial charge on any atom is 0.416 e. The van der Waals surface area contributed by atoms with Gasteiger partial charge in [0.2, 0.25) is 0 Å². The Morgan fingerprint density at radius 1 is 1.10 bits per heavy atom. The standard InChI is InChI=1S/C21H15F3N4O2/c1-27-11-25-26-19(27)20(9-17(20)29)12-4-2-5-13(8-12)28-10-15-14(18(28)30)6-3-7-16(15)21(22,23)24/h2-8,11H,9-10H2,1H3. The number of aryl methyl sites for hydroxylation is 1. The van der Waals surface area contributed by atoms with Crippen LogP contribution in [0.3, 0.4) is 0 Å². The summed E-state index contributed by atoms with van der Waals surface area (Å²) in [7, 11) is 1.74. The Bertz CT molecular complexity index is 1220. The predicted octanol–water partition coefficient (Wildman–Crippen LogP) is 3.25. The number of nitrogens with zero attached hydrogens (tertiary/aromatic N) is 4. The average molecular weight is 412 g/mol. The van der Waals surface area contributed by atoms with Gasteiger partial charge in [0.25, 0.3) is 5.91 Å². The second-order valence-corrected chi connectivity index (χ2v) is 7.54. The molecule has 152 valence electrons. The number of hydrogen-bond acceptors (Lipinski definition) is 4. The molecule has 0 saturated heterocycles. The number of halogens is 3. The van der Waals surface area contributed by atoms with E-state index in [4.69, 9.17) is 0 Å². The maximum atomic E-state index is 13.4. The lowest BCUT2D eigenvalue weighted by molar-refractivity contribution is -0.138. The van der Waals surface area contributed by atoms with Crippen molar-refractivity contribution in [1.29, 1.82) is 0 Å². The van der Waals surface area contributed by atoms with Crippen LogP contribution in [0.2, 0.25) is 0 Å². The third kappa shape index (κ3) is 2.51. The van der Waals surface area contributed by atoms with Crippen LogP contribution in [0, 0.1) is 0 Å². The molecule has 3 aromatic rings. The molecule has 6 nitrogen and oxygen atoms in total. The number of amides is 1. The van der Waals surface area contributed by atoms with E-state index in [-0.39, 0.29) is 29.9 Å². The third-order valence-corrected chi connectivity index (χ3v) is 5.79. The van der Waals surface area contributed by atoms with Crippen LogP contribution in [-0.4, -0.2) is 26.5 Å². The Kier molecular flexibility index (Phi) is 3.71. The number of anilines is 1. The topological polar surface area (TPSA) is 68.1 Å². The second-order valence-electron chi connectivity index (χ2n) is 7.54. The first-order valence-electron chi connectivity index (χ1n) is 9.23. The average Bonchev–Trinajstić information content (AvgIpc) is 3.02. The molecule has 2 aromatic carbocycles. The van der Waals surface area contributed by atoms with Crippen LogP contribution in [0.1, 0.15) is 39.3 Å². The van der Waals surface area contributed by atoms with Gasteiger partial charge in [-0.3, -0.25) is 9.59 Å². The zero-order valence-electron chi connectivity index (χ0n) is 15.8. The quantitative estimate of drug-likeness (QED) is 0.662. The number of carbonyl (C=O) groups excluding carboxylic acids is 2. The van der Waals surface area contributed by atoms with Crippen LogP contribution in [0.5, 0.6) is 0 Å². The van der Waals surface area contributed by atoms with Gasteiger partial charge in [0.15, 0.2) is 11.6 Å². The molecular formula is C21H15F3N4O2. The molecule has 1 aliphatic carbocycles. The van der Waals surface area contributed by atoms with Crippen molar-refractivity contribution in [2.24, 2.45) is 7.05 Å².